The van der Waals surface area contributed by atoms with Crippen LogP contribution in [-0.2, 0) is 9.47 Å². The molecule has 6 atom stereocenters. The number of ether oxygens (including phenoxy) is 2. The van der Waals surface area contributed by atoms with E-state index in [1.165, 1.54) is 19.3 Å². The summed E-state index contributed by atoms with van der Waals surface area (Å²) in [5, 5.41) is 0. The SMILES string of the molecule is COC1C(Br)CC1OC1CC2CCC1(C)C2(C)C. The molecule has 0 heterocycles. The van der Waals surface area contributed by atoms with E-state index < -0.39 is 0 Å². The van der Waals surface area contributed by atoms with Crippen LogP contribution in [0.25, 0.3) is 0 Å². The second kappa shape index (κ2) is 4.20. The third-order valence-corrected chi connectivity index (χ3v) is 7.40. The lowest BCUT2D eigenvalue weighted by molar-refractivity contribution is -0.165. The first-order chi connectivity index (χ1) is 8.40. The highest BCUT2D eigenvalue weighted by molar-refractivity contribution is 9.09. The summed E-state index contributed by atoms with van der Waals surface area (Å²) in [5.74, 6) is 0.855. The molecule has 18 heavy (non-hydrogen) atoms. The Bertz CT molecular complexity index is 343. The number of halogens is 1. The molecule has 3 fully saturated rings. The van der Waals surface area contributed by atoms with Crippen LogP contribution in [0.2, 0.25) is 0 Å². The molecule has 3 aliphatic rings. The van der Waals surface area contributed by atoms with Gasteiger partial charge in [0.05, 0.1) is 18.3 Å². The maximum Gasteiger partial charge on any atom is 0.0958 e. The topological polar surface area (TPSA) is 18.5 Å². The van der Waals surface area contributed by atoms with Crippen molar-refractivity contribution in [3.8, 4) is 0 Å². The maximum atomic E-state index is 6.44. The van der Waals surface area contributed by atoms with E-state index >= 15 is 0 Å². The molecule has 0 radical (unpaired) electrons. The lowest BCUT2D eigenvalue weighted by Crippen LogP contribution is -2.53. The Kier molecular flexibility index (Phi) is 3.12. The van der Waals surface area contributed by atoms with Crippen molar-refractivity contribution in [1.29, 1.82) is 0 Å². The Morgan fingerprint density at radius 2 is 1.89 bits per heavy atom. The Morgan fingerprint density at radius 1 is 1.17 bits per heavy atom. The van der Waals surface area contributed by atoms with Crippen LogP contribution in [-0.4, -0.2) is 30.2 Å². The van der Waals surface area contributed by atoms with E-state index in [9.17, 15) is 0 Å². The van der Waals surface area contributed by atoms with Crippen molar-refractivity contribution in [2.24, 2.45) is 16.7 Å². The third kappa shape index (κ3) is 1.59. The van der Waals surface area contributed by atoms with Crippen molar-refractivity contribution >= 4 is 15.9 Å². The molecule has 3 rings (SSSR count). The smallest absolute Gasteiger partial charge is 0.0958 e. The summed E-state index contributed by atoms with van der Waals surface area (Å²) in [4.78, 5) is 0.479. The predicted octanol–water partition coefficient (Wildman–Crippen LogP) is 3.77. The van der Waals surface area contributed by atoms with Crippen LogP contribution < -0.4 is 0 Å². The first-order valence-corrected chi connectivity index (χ1v) is 8.14. The molecule has 0 aromatic carbocycles. The van der Waals surface area contributed by atoms with Crippen molar-refractivity contribution in [2.45, 2.75) is 69.6 Å². The van der Waals surface area contributed by atoms with Gasteiger partial charge in [-0.1, -0.05) is 36.7 Å². The average Bonchev–Trinajstić information content (AvgIpc) is 2.61. The molecule has 6 unspecified atom stereocenters. The van der Waals surface area contributed by atoms with E-state index in [2.05, 4.69) is 36.7 Å². The van der Waals surface area contributed by atoms with E-state index in [0.717, 1.165) is 12.3 Å². The fraction of sp³-hybridized carbons (Fsp3) is 1.00. The second-order valence-corrected chi connectivity index (χ2v) is 8.40. The number of fused-ring (bicyclic) bond motifs is 2. The molecular weight excluding hydrogens is 292 g/mol. The van der Waals surface area contributed by atoms with E-state index in [1.54, 1.807) is 7.11 Å². The van der Waals surface area contributed by atoms with Crippen LogP contribution >= 0.6 is 15.9 Å². The molecule has 3 aliphatic carbocycles. The number of rotatable bonds is 3. The number of hydrogen-bond acceptors (Lipinski definition) is 2. The fourth-order valence-electron chi connectivity index (χ4n) is 4.51. The van der Waals surface area contributed by atoms with Gasteiger partial charge in [-0.15, -0.1) is 0 Å². The lowest BCUT2D eigenvalue weighted by Gasteiger charge is -2.46. The molecule has 0 amide bonds. The summed E-state index contributed by atoms with van der Waals surface area (Å²) in [5.41, 5.74) is 0.811. The van der Waals surface area contributed by atoms with Gasteiger partial charge in [-0.2, -0.15) is 0 Å². The Morgan fingerprint density at radius 3 is 2.33 bits per heavy atom. The summed E-state index contributed by atoms with van der Waals surface area (Å²) in [6, 6.07) is 0. The molecule has 3 saturated carbocycles. The molecule has 0 aromatic heterocycles. The number of hydrogen-bond donors (Lipinski definition) is 0. The van der Waals surface area contributed by atoms with Gasteiger partial charge in [0, 0.05) is 11.9 Å². The summed E-state index contributed by atoms with van der Waals surface area (Å²) in [7, 11) is 1.79. The van der Waals surface area contributed by atoms with Crippen molar-refractivity contribution in [1.82, 2.24) is 0 Å². The Hall–Kier alpha value is 0.400. The lowest BCUT2D eigenvalue weighted by atomic mass is 9.70. The monoisotopic (exact) mass is 316 g/mol. The van der Waals surface area contributed by atoms with Crippen molar-refractivity contribution in [3.05, 3.63) is 0 Å². The quantitative estimate of drug-likeness (QED) is 0.738. The molecule has 0 spiro atoms. The molecule has 104 valence electrons. The van der Waals surface area contributed by atoms with E-state index in [4.69, 9.17) is 9.47 Å². The summed E-state index contributed by atoms with van der Waals surface area (Å²) < 4.78 is 12.0. The predicted molar refractivity (Wildman–Crippen MR) is 76.0 cm³/mol. The van der Waals surface area contributed by atoms with Gasteiger partial charge in [0.15, 0.2) is 0 Å². The molecule has 2 bridgehead atoms. The molecule has 2 nitrogen and oxygen atoms in total. The van der Waals surface area contributed by atoms with Gasteiger partial charge in [-0.3, -0.25) is 0 Å². The molecule has 3 heteroatoms. The maximum absolute atomic E-state index is 6.44. The highest BCUT2D eigenvalue weighted by atomic mass is 79.9. The van der Waals surface area contributed by atoms with Crippen LogP contribution in [0.3, 0.4) is 0 Å². The number of methoxy groups -OCH3 is 1. The zero-order valence-corrected chi connectivity index (χ0v) is 13.5. The molecular formula is C15H25BrO2. The number of alkyl halides is 1. The Labute approximate surface area is 119 Å². The van der Waals surface area contributed by atoms with Gasteiger partial charge in [-0.25, -0.2) is 0 Å². The van der Waals surface area contributed by atoms with Crippen molar-refractivity contribution in [3.63, 3.8) is 0 Å². The molecule has 0 N–H and O–H groups in total. The van der Waals surface area contributed by atoms with Crippen LogP contribution in [0.15, 0.2) is 0 Å². The molecule has 0 saturated heterocycles. The first kappa shape index (κ1) is 13.4. The third-order valence-electron chi connectivity index (χ3n) is 6.51. The van der Waals surface area contributed by atoms with Crippen LogP contribution in [0.4, 0.5) is 0 Å². The van der Waals surface area contributed by atoms with Gasteiger partial charge in [0.2, 0.25) is 0 Å². The van der Waals surface area contributed by atoms with Crippen LogP contribution in [0, 0.1) is 16.7 Å². The summed E-state index contributed by atoms with van der Waals surface area (Å²) in [6.07, 6.45) is 6.06. The largest absolute Gasteiger partial charge is 0.378 e. The van der Waals surface area contributed by atoms with Gasteiger partial charge in [0.1, 0.15) is 0 Å². The summed E-state index contributed by atoms with van der Waals surface area (Å²) in [6.45, 7) is 7.32. The second-order valence-electron chi connectivity index (χ2n) is 7.23. The van der Waals surface area contributed by atoms with Gasteiger partial charge in [0.25, 0.3) is 0 Å². The van der Waals surface area contributed by atoms with Gasteiger partial charge < -0.3 is 9.47 Å². The zero-order chi connectivity index (χ0) is 13.1. The van der Waals surface area contributed by atoms with Crippen molar-refractivity contribution < 1.29 is 9.47 Å². The Balaban J connectivity index is 1.69. The zero-order valence-electron chi connectivity index (χ0n) is 11.9. The minimum atomic E-state index is 0.246. The standard InChI is InChI=1S/C15H25BrO2/c1-14(2)9-5-6-15(14,3)12(7-9)18-11-8-10(16)13(11)17-4/h9-13H,5-8H2,1-4H3. The summed E-state index contributed by atoms with van der Waals surface area (Å²) >= 11 is 3.65. The van der Waals surface area contributed by atoms with Crippen LogP contribution in [0.1, 0.15) is 46.5 Å². The highest BCUT2D eigenvalue weighted by Gasteiger charge is 2.62. The van der Waals surface area contributed by atoms with E-state index in [-0.39, 0.29) is 6.10 Å². The minimum Gasteiger partial charge on any atom is -0.378 e. The minimum absolute atomic E-state index is 0.246. The first-order valence-electron chi connectivity index (χ1n) is 7.22. The fourth-order valence-corrected chi connectivity index (χ4v) is 5.43. The highest BCUT2D eigenvalue weighted by Crippen LogP contribution is 2.66. The van der Waals surface area contributed by atoms with E-state index in [0.29, 0.717) is 27.9 Å². The van der Waals surface area contributed by atoms with Crippen molar-refractivity contribution in [2.75, 3.05) is 7.11 Å². The molecule has 0 aliphatic heterocycles. The normalized spacial score (nSPS) is 53.5. The van der Waals surface area contributed by atoms with E-state index in [1.807, 2.05) is 0 Å². The average molecular weight is 317 g/mol. The van der Waals surface area contributed by atoms with Gasteiger partial charge >= 0.3 is 0 Å². The van der Waals surface area contributed by atoms with Crippen LogP contribution in [0.5, 0.6) is 0 Å². The van der Waals surface area contributed by atoms with Gasteiger partial charge in [-0.05, 0) is 42.4 Å². The molecule has 0 aromatic rings.